The van der Waals surface area contributed by atoms with Gasteiger partial charge in [0.05, 0.1) is 12.3 Å². The topological polar surface area (TPSA) is 109 Å². The van der Waals surface area contributed by atoms with E-state index in [2.05, 4.69) is 20.8 Å². The summed E-state index contributed by atoms with van der Waals surface area (Å²) in [6.07, 6.45) is 0.802. The lowest BCUT2D eigenvalue weighted by Crippen LogP contribution is -2.24. The minimum absolute atomic E-state index is 0.0149. The van der Waals surface area contributed by atoms with Crippen LogP contribution in [0.5, 0.6) is 0 Å². The van der Waals surface area contributed by atoms with E-state index in [-0.39, 0.29) is 11.5 Å². The summed E-state index contributed by atoms with van der Waals surface area (Å²) in [5, 5.41) is 13.0. The number of nitrogens with zero attached hydrogens (tertiary/aromatic N) is 1. The van der Waals surface area contributed by atoms with E-state index in [9.17, 15) is 9.59 Å². The maximum absolute atomic E-state index is 12.9. The Labute approximate surface area is 167 Å². The third kappa shape index (κ3) is 3.93. The van der Waals surface area contributed by atoms with E-state index in [0.29, 0.717) is 41.7 Å². The average Bonchev–Trinajstić information content (AvgIpc) is 3.34. The first-order valence-corrected chi connectivity index (χ1v) is 9.43. The molecule has 3 aromatic rings. The van der Waals surface area contributed by atoms with Crippen molar-refractivity contribution in [2.75, 3.05) is 23.8 Å². The van der Waals surface area contributed by atoms with E-state index in [1.807, 2.05) is 30.3 Å². The number of carbonyl (C=O) groups excluding carboxylic acids is 1. The van der Waals surface area contributed by atoms with Gasteiger partial charge in [-0.3, -0.25) is 9.89 Å². The van der Waals surface area contributed by atoms with Crippen molar-refractivity contribution in [1.29, 1.82) is 0 Å². The molecule has 1 amide bonds. The fourth-order valence-corrected chi connectivity index (χ4v) is 3.37. The molecule has 1 aromatic carbocycles. The molecule has 0 aliphatic carbocycles. The smallest absolute Gasteiger partial charge is 0.349 e. The molecule has 2 aromatic heterocycles. The Hall–Kier alpha value is -3.39. The number of aromatic nitrogens is 2. The van der Waals surface area contributed by atoms with Crippen molar-refractivity contribution < 1.29 is 13.9 Å². The number of rotatable bonds is 5. The van der Waals surface area contributed by atoms with E-state index in [1.54, 1.807) is 19.9 Å². The van der Waals surface area contributed by atoms with Crippen molar-refractivity contribution in [3.05, 3.63) is 69.4 Å². The molecule has 8 nitrogen and oxygen atoms in total. The highest BCUT2D eigenvalue weighted by Gasteiger charge is 2.25. The van der Waals surface area contributed by atoms with Crippen LogP contribution < -0.4 is 16.3 Å². The summed E-state index contributed by atoms with van der Waals surface area (Å²) >= 11 is 0. The first-order valence-electron chi connectivity index (χ1n) is 9.43. The average molecular weight is 394 g/mol. The molecule has 0 radical (unpaired) electrons. The molecule has 1 fully saturated rings. The van der Waals surface area contributed by atoms with Gasteiger partial charge in [0.15, 0.2) is 5.82 Å². The number of ether oxygens (including phenoxy) is 1. The van der Waals surface area contributed by atoms with Crippen molar-refractivity contribution in [1.82, 2.24) is 10.2 Å². The predicted octanol–water partition coefficient (Wildman–Crippen LogP) is 3.48. The van der Waals surface area contributed by atoms with Gasteiger partial charge in [0.2, 0.25) is 0 Å². The van der Waals surface area contributed by atoms with Gasteiger partial charge in [-0.25, -0.2) is 4.79 Å². The quantitative estimate of drug-likeness (QED) is 0.611. The van der Waals surface area contributed by atoms with Gasteiger partial charge in [-0.1, -0.05) is 18.2 Å². The van der Waals surface area contributed by atoms with E-state index >= 15 is 0 Å². The molecule has 0 spiro atoms. The Morgan fingerprint density at radius 1 is 1.24 bits per heavy atom. The molecule has 0 bridgehead atoms. The number of hydrogen-bond acceptors (Lipinski definition) is 6. The number of anilines is 3. The zero-order chi connectivity index (χ0) is 20.4. The SMILES string of the molecule is Cc1cc(C2CCOC2)oc(=O)c1C(=O)Nc1c(Nc2ccccc2)n[nH]c1C. The number of aryl methyl sites for hydroxylation is 2. The summed E-state index contributed by atoms with van der Waals surface area (Å²) in [6, 6.07) is 11.2. The van der Waals surface area contributed by atoms with Crippen LogP contribution in [0.2, 0.25) is 0 Å². The fourth-order valence-electron chi connectivity index (χ4n) is 3.37. The molecular weight excluding hydrogens is 372 g/mol. The molecule has 1 saturated heterocycles. The van der Waals surface area contributed by atoms with Crippen LogP contribution >= 0.6 is 0 Å². The monoisotopic (exact) mass is 394 g/mol. The number of benzene rings is 1. The predicted molar refractivity (Wildman–Crippen MR) is 109 cm³/mol. The molecule has 1 aliphatic heterocycles. The summed E-state index contributed by atoms with van der Waals surface area (Å²) in [4.78, 5) is 25.4. The molecular formula is C21H22N4O4. The second-order valence-electron chi connectivity index (χ2n) is 7.07. The summed E-state index contributed by atoms with van der Waals surface area (Å²) < 4.78 is 10.8. The lowest BCUT2D eigenvalue weighted by Gasteiger charge is -2.11. The van der Waals surface area contributed by atoms with E-state index in [4.69, 9.17) is 9.15 Å². The van der Waals surface area contributed by atoms with Crippen LogP contribution in [0.1, 0.15) is 39.7 Å². The Kier molecular flexibility index (Phi) is 5.18. The van der Waals surface area contributed by atoms with Crippen LogP contribution in [0.4, 0.5) is 17.2 Å². The maximum atomic E-state index is 12.9. The van der Waals surface area contributed by atoms with Crippen LogP contribution in [-0.4, -0.2) is 29.3 Å². The van der Waals surface area contributed by atoms with Gasteiger partial charge >= 0.3 is 5.63 Å². The second-order valence-corrected chi connectivity index (χ2v) is 7.07. The zero-order valence-electron chi connectivity index (χ0n) is 16.2. The molecule has 3 N–H and O–H groups in total. The fraction of sp³-hybridized carbons (Fsp3) is 0.286. The molecule has 1 atom stereocenters. The number of nitrogens with one attached hydrogen (secondary N) is 3. The largest absolute Gasteiger partial charge is 0.427 e. The van der Waals surface area contributed by atoms with Gasteiger partial charge in [0, 0.05) is 18.2 Å². The van der Waals surface area contributed by atoms with Crippen molar-refractivity contribution in [2.24, 2.45) is 0 Å². The molecule has 1 aliphatic rings. The summed E-state index contributed by atoms with van der Waals surface area (Å²) in [6.45, 7) is 4.69. The van der Waals surface area contributed by atoms with Crippen molar-refractivity contribution in [3.63, 3.8) is 0 Å². The zero-order valence-corrected chi connectivity index (χ0v) is 16.2. The number of para-hydroxylation sites is 1. The van der Waals surface area contributed by atoms with Gasteiger partial charge in [-0.15, -0.1) is 0 Å². The minimum atomic E-state index is -0.650. The summed E-state index contributed by atoms with van der Waals surface area (Å²) in [5.41, 5.74) is 1.87. The maximum Gasteiger partial charge on any atom is 0.349 e. The highest BCUT2D eigenvalue weighted by atomic mass is 16.5. The van der Waals surface area contributed by atoms with Crippen LogP contribution in [0.25, 0.3) is 0 Å². The first kappa shape index (κ1) is 18.9. The van der Waals surface area contributed by atoms with Crippen molar-refractivity contribution in [3.8, 4) is 0 Å². The number of H-pyrrole nitrogens is 1. The van der Waals surface area contributed by atoms with Gasteiger partial charge in [0.1, 0.15) is 17.0 Å². The highest BCUT2D eigenvalue weighted by Crippen LogP contribution is 2.28. The van der Waals surface area contributed by atoms with E-state index in [1.165, 1.54) is 0 Å². The van der Waals surface area contributed by atoms with Crippen molar-refractivity contribution >= 4 is 23.1 Å². The lowest BCUT2D eigenvalue weighted by molar-refractivity contribution is 0.102. The molecule has 8 heteroatoms. The Morgan fingerprint density at radius 2 is 2.03 bits per heavy atom. The molecule has 0 saturated carbocycles. The summed E-state index contributed by atoms with van der Waals surface area (Å²) in [7, 11) is 0. The van der Waals surface area contributed by atoms with E-state index < -0.39 is 11.5 Å². The van der Waals surface area contributed by atoms with Gasteiger partial charge in [0.25, 0.3) is 5.91 Å². The Bertz CT molecular complexity index is 1080. The van der Waals surface area contributed by atoms with Crippen molar-refractivity contribution in [2.45, 2.75) is 26.2 Å². The van der Waals surface area contributed by atoms with Crippen LogP contribution in [0.3, 0.4) is 0 Å². The van der Waals surface area contributed by atoms with Crippen LogP contribution in [0, 0.1) is 13.8 Å². The number of aromatic amines is 1. The lowest BCUT2D eigenvalue weighted by atomic mass is 10.0. The molecule has 29 heavy (non-hydrogen) atoms. The number of carbonyl (C=O) groups is 1. The minimum Gasteiger partial charge on any atom is -0.427 e. The highest BCUT2D eigenvalue weighted by molar-refractivity contribution is 6.06. The first-order chi connectivity index (χ1) is 14.0. The van der Waals surface area contributed by atoms with Crippen LogP contribution in [-0.2, 0) is 4.74 Å². The molecule has 1 unspecified atom stereocenters. The van der Waals surface area contributed by atoms with Crippen LogP contribution in [0.15, 0.2) is 45.6 Å². The van der Waals surface area contributed by atoms with Gasteiger partial charge in [-0.2, -0.15) is 5.10 Å². The molecule has 3 heterocycles. The number of hydrogen-bond donors (Lipinski definition) is 3. The Balaban J connectivity index is 1.59. The van der Waals surface area contributed by atoms with E-state index in [0.717, 1.165) is 12.1 Å². The molecule has 4 rings (SSSR count). The standard InChI is InChI=1S/C21H22N4O4/c1-12-10-16(14-8-9-28-11-14)29-21(27)17(12)20(26)23-18-13(2)24-25-19(18)22-15-6-4-3-5-7-15/h3-7,10,14H,8-9,11H2,1-2H3,(H,23,26)(H2,22,24,25). The third-order valence-electron chi connectivity index (χ3n) is 4.95. The second kappa shape index (κ2) is 7.92. The normalized spacial score (nSPS) is 16.0. The number of amides is 1. The van der Waals surface area contributed by atoms with Gasteiger partial charge in [-0.05, 0) is 44.0 Å². The molecule has 150 valence electrons. The summed E-state index contributed by atoms with van der Waals surface area (Å²) in [5.74, 6) is 0.540. The third-order valence-corrected chi connectivity index (χ3v) is 4.95. The van der Waals surface area contributed by atoms with Gasteiger partial charge < -0.3 is 19.8 Å². The Morgan fingerprint density at radius 3 is 2.72 bits per heavy atom.